The molecule has 0 saturated carbocycles. The smallest absolute Gasteiger partial charge is 0.240 e. The van der Waals surface area contributed by atoms with Crippen LogP contribution in [0.25, 0.3) is 0 Å². The quantitative estimate of drug-likeness (QED) is 0.739. The first kappa shape index (κ1) is 9.77. The van der Waals surface area contributed by atoms with Crippen LogP contribution < -0.4 is 5.32 Å². The van der Waals surface area contributed by atoms with Crippen molar-refractivity contribution < 1.29 is 8.78 Å². The number of hydrogen-bond acceptors (Lipinski definition) is 3. The van der Waals surface area contributed by atoms with E-state index in [0.717, 1.165) is 23.9 Å². The predicted molar refractivity (Wildman–Crippen MR) is 48.0 cm³/mol. The Labute approximate surface area is 74.8 Å². The first-order valence-electron chi connectivity index (χ1n) is 3.98. The largest absolute Gasteiger partial charge is 0.365 e. The van der Waals surface area contributed by atoms with Crippen LogP contribution in [0.3, 0.4) is 0 Å². The minimum absolute atomic E-state index is 0.0976. The van der Waals surface area contributed by atoms with Crippen molar-refractivity contribution in [3.63, 3.8) is 0 Å². The number of aliphatic imine (C=N–C) groups is 1. The number of alkyl halides is 2. The Hall–Kier alpha value is -0.320. The summed E-state index contributed by atoms with van der Waals surface area (Å²) < 4.78 is 23.4. The summed E-state index contributed by atoms with van der Waals surface area (Å²) in [6, 6.07) is 0. The maximum atomic E-state index is 11.7. The lowest BCUT2D eigenvalue weighted by Gasteiger charge is -2.12. The van der Waals surface area contributed by atoms with Crippen LogP contribution in [0.15, 0.2) is 4.99 Å². The Morgan fingerprint density at radius 2 is 2.42 bits per heavy atom. The number of rotatable bonds is 3. The Balaban J connectivity index is 2.09. The van der Waals surface area contributed by atoms with Crippen molar-refractivity contribution in [3.8, 4) is 0 Å². The van der Waals surface area contributed by atoms with Crippen LogP contribution in [0.5, 0.6) is 0 Å². The second-order valence-corrected chi connectivity index (χ2v) is 3.58. The molecule has 1 aliphatic rings. The number of hydrogen-bond donors (Lipinski definition) is 1. The maximum Gasteiger partial charge on any atom is 0.240 e. The molecular formula is C7H12F2N2S. The van der Waals surface area contributed by atoms with Crippen molar-refractivity contribution in [2.45, 2.75) is 19.3 Å². The van der Waals surface area contributed by atoms with Gasteiger partial charge in [-0.1, -0.05) is 11.8 Å². The molecule has 0 atom stereocenters. The Morgan fingerprint density at radius 3 is 3.00 bits per heavy atom. The minimum atomic E-state index is -2.22. The van der Waals surface area contributed by atoms with E-state index in [-0.39, 0.29) is 6.42 Å². The Kier molecular flexibility index (Phi) is 4.35. The number of nitrogens with one attached hydrogen (secondary N) is 1. The molecule has 1 N–H and O–H groups in total. The minimum Gasteiger partial charge on any atom is -0.365 e. The van der Waals surface area contributed by atoms with Crippen LogP contribution in [0.4, 0.5) is 8.78 Å². The van der Waals surface area contributed by atoms with Crippen molar-refractivity contribution in [2.75, 3.05) is 18.8 Å². The molecule has 1 heterocycles. The molecule has 0 radical (unpaired) electrons. The molecule has 1 rings (SSSR count). The zero-order valence-corrected chi connectivity index (χ0v) is 7.54. The van der Waals surface area contributed by atoms with Crippen LogP contribution in [-0.4, -0.2) is 30.4 Å². The second-order valence-electron chi connectivity index (χ2n) is 2.50. The summed E-state index contributed by atoms with van der Waals surface area (Å²) in [5.41, 5.74) is 0. The SMILES string of the molecule is FC(F)CCNC1=NCCCS1. The van der Waals surface area contributed by atoms with Crippen LogP contribution in [0.1, 0.15) is 12.8 Å². The summed E-state index contributed by atoms with van der Waals surface area (Å²) in [5.74, 6) is 1.04. The molecule has 0 saturated heterocycles. The Bertz CT molecular complexity index is 161. The summed E-state index contributed by atoms with van der Waals surface area (Å²) >= 11 is 1.61. The summed E-state index contributed by atoms with van der Waals surface area (Å²) in [7, 11) is 0. The van der Waals surface area contributed by atoms with Crippen LogP contribution in [0, 0.1) is 0 Å². The molecule has 0 spiro atoms. The number of halogens is 2. The van der Waals surface area contributed by atoms with Gasteiger partial charge in [0.2, 0.25) is 6.43 Å². The molecule has 0 aliphatic carbocycles. The van der Waals surface area contributed by atoms with Gasteiger partial charge in [0.1, 0.15) is 0 Å². The molecule has 0 bridgehead atoms. The first-order valence-corrected chi connectivity index (χ1v) is 4.97. The van der Waals surface area contributed by atoms with E-state index in [0.29, 0.717) is 6.54 Å². The third-order valence-corrected chi connectivity index (χ3v) is 2.48. The standard InChI is InChI=1S/C7H12F2N2S/c8-6(9)2-4-11-7-10-3-1-5-12-7/h6H,1-5H2,(H,10,11). The van der Waals surface area contributed by atoms with Gasteiger partial charge in [-0.05, 0) is 6.42 Å². The topological polar surface area (TPSA) is 24.4 Å². The molecule has 0 amide bonds. The summed E-state index contributed by atoms with van der Waals surface area (Å²) in [6.45, 7) is 1.15. The van der Waals surface area contributed by atoms with Crippen LogP contribution >= 0.6 is 11.8 Å². The van der Waals surface area contributed by atoms with Crippen molar-refractivity contribution in [3.05, 3.63) is 0 Å². The van der Waals surface area contributed by atoms with Gasteiger partial charge in [-0.15, -0.1) is 0 Å². The summed E-state index contributed by atoms with van der Waals surface area (Å²) in [4.78, 5) is 4.15. The van der Waals surface area contributed by atoms with Gasteiger partial charge in [0.15, 0.2) is 5.17 Å². The lowest BCUT2D eigenvalue weighted by atomic mass is 10.4. The lowest BCUT2D eigenvalue weighted by Crippen LogP contribution is -2.25. The summed E-state index contributed by atoms with van der Waals surface area (Å²) in [6.07, 6.45) is -1.23. The van der Waals surface area contributed by atoms with Crippen molar-refractivity contribution in [1.29, 1.82) is 0 Å². The van der Waals surface area contributed by atoms with Gasteiger partial charge in [0.05, 0.1) is 0 Å². The van der Waals surface area contributed by atoms with Crippen LogP contribution in [0.2, 0.25) is 0 Å². The van der Waals surface area contributed by atoms with E-state index in [1.54, 1.807) is 11.8 Å². The van der Waals surface area contributed by atoms with Gasteiger partial charge in [-0.3, -0.25) is 4.99 Å². The highest BCUT2D eigenvalue weighted by Crippen LogP contribution is 2.10. The first-order chi connectivity index (χ1) is 5.79. The fourth-order valence-electron chi connectivity index (χ4n) is 0.855. The molecule has 70 valence electrons. The zero-order valence-electron chi connectivity index (χ0n) is 6.72. The van der Waals surface area contributed by atoms with E-state index < -0.39 is 6.43 Å². The van der Waals surface area contributed by atoms with E-state index in [2.05, 4.69) is 10.3 Å². The van der Waals surface area contributed by atoms with Crippen molar-refractivity contribution >= 4 is 16.9 Å². The highest BCUT2D eigenvalue weighted by Gasteiger charge is 2.06. The molecule has 5 heteroatoms. The van der Waals surface area contributed by atoms with E-state index in [1.165, 1.54) is 0 Å². The average Bonchev–Trinajstić information content (AvgIpc) is 2.05. The second kappa shape index (κ2) is 5.35. The molecule has 0 aromatic carbocycles. The highest BCUT2D eigenvalue weighted by molar-refractivity contribution is 8.13. The average molecular weight is 194 g/mol. The summed E-state index contributed by atoms with van der Waals surface area (Å²) in [5, 5.41) is 3.71. The Morgan fingerprint density at radius 1 is 1.58 bits per heavy atom. The zero-order chi connectivity index (χ0) is 8.81. The van der Waals surface area contributed by atoms with Gasteiger partial charge in [-0.2, -0.15) is 0 Å². The number of amidine groups is 1. The lowest BCUT2D eigenvalue weighted by molar-refractivity contribution is 0.139. The number of nitrogens with zero attached hydrogens (tertiary/aromatic N) is 1. The van der Waals surface area contributed by atoms with Gasteiger partial charge in [-0.25, -0.2) is 8.78 Å². The van der Waals surface area contributed by atoms with Gasteiger partial charge < -0.3 is 5.32 Å². The van der Waals surface area contributed by atoms with Crippen molar-refractivity contribution in [2.24, 2.45) is 4.99 Å². The van der Waals surface area contributed by atoms with Gasteiger partial charge in [0, 0.05) is 25.3 Å². The van der Waals surface area contributed by atoms with Crippen LogP contribution in [-0.2, 0) is 0 Å². The van der Waals surface area contributed by atoms with E-state index in [1.807, 2.05) is 0 Å². The third-order valence-electron chi connectivity index (χ3n) is 1.44. The molecular weight excluding hydrogens is 182 g/mol. The highest BCUT2D eigenvalue weighted by atomic mass is 32.2. The molecule has 0 unspecified atom stereocenters. The molecule has 0 aromatic heterocycles. The molecule has 1 aliphatic heterocycles. The normalized spacial score (nSPS) is 17.8. The fraction of sp³-hybridized carbons (Fsp3) is 0.857. The van der Waals surface area contributed by atoms with E-state index in [4.69, 9.17) is 0 Å². The third kappa shape index (κ3) is 3.90. The molecule has 2 nitrogen and oxygen atoms in total. The maximum absolute atomic E-state index is 11.7. The molecule has 12 heavy (non-hydrogen) atoms. The van der Waals surface area contributed by atoms with E-state index in [9.17, 15) is 8.78 Å². The molecule has 0 aromatic rings. The fourth-order valence-corrected chi connectivity index (χ4v) is 1.71. The predicted octanol–water partition coefficient (Wildman–Crippen LogP) is 1.72. The monoisotopic (exact) mass is 194 g/mol. The number of thioether (sulfide) groups is 1. The van der Waals surface area contributed by atoms with Gasteiger partial charge >= 0.3 is 0 Å². The van der Waals surface area contributed by atoms with E-state index >= 15 is 0 Å². The van der Waals surface area contributed by atoms with Crippen molar-refractivity contribution in [1.82, 2.24) is 5.32 Å². The van der Waals surface area contributed by atoms with Gasteiger partial charge in [0.25, 0.3) is 0 Å². The molecule has 0 fully saturated rings.